The van der Waals surface area contributed by atoms with Gasteiger partial charge in [-0.1, -0.05) is 22.9 Å². The highest BCUT2D eigenvalue weighted by Crippen LogP contribution is 2.23. The van der Waals surface area contributed by atoms with E-state index in [2.05, 4.69) is 15.9 Å². The first-order valence-electron chi connectivity index (χ1n) is 4.79. The lowest BCUT2D eigenvalue weighted by Gasteiger charge is -2.08. The first-order chi connectivity index (χ1) is 7.06. The molecule has 0 fully saturated rings. The molecule has 0 aromatic heterocycles. The van der Waals surface area contributed by atoms with Gasteiger partial charge in [-0.25, -0.2) is 4.79 Å². The zero-order valence-corrected chi connectivity index (χ0v) is 10.4. The summed E-state index contributed by atoms with van der Waals surface area (Å²) in [6.07, 6.45) is 0.804. The lowest BCUT2D eigenvalue weighted by molar-refractivity contribution is 0.0506. The Labute approximate surface area is 97.7 Å². The lowest BCUT2D eigenvalue weighted by atomic mass is 10.1. The Bertz CT molecular complexity index is 377. The Balaban J connectivity index is 2.98. The molecule has 0 spiro atoms. The molecule has 0 atom stereocenters. The predicted molar refractivity (Wildman–Crippen MR) is 63.9 cm³/mol. The van der Waals surface area contributed by atoms with Gasteiger partial charge < -0.3 is 10.5 Å². The molecule has 0 saturated heterocycles. The number of ether oxygens (including phenoxy) is 1. The van der Waals surface area contributed by atoms with E-state index in [4.69, 9.17) is 10.5 Å². The molecule has 1 rings (SSSR count). The summed E-state index contributed by atoms with van der Waals surface area (Å²) in [7, 11) is 0. The number of nitrogen functional groups attached to an aromatic ring is 1. The SMILES string of the molecule is CCCOC(=O)c1cc(Br)cc(C)c1N. The molecule has 0 bridgehead atoms. The van der Waals surface area contributed by atoms with E-state index in [9.17, 15) is 4.79 Å². The van der Waals surface area contributed by atoms with Crippen LogP contribution in [0.4, 0.5) is 5.69 Å². The van der Waals surface area contributed by atoms with Crippen LogP contribution in [0.1, 0.15) is 29.3 Å². The van der Waals surface area contributed by atoms with E-state index in [-0.39, 0.29) is 5.97 Å². The molecule has 15 heavy (non-hydrogen) atoms. The van der Waals surface area contributed by atoms with Crippen LogP contribution in [0.3, 0.4) is 0 Å². The number of rotatable bonds is 3. The molecule has 0 heterocycles. The van der Waals surface area contributed by atoms with Crippen LogP contribution < -0.4 is 5.73 Å². The van der Waals surface area contributed by atoms with Crippen molar-refractivity contribution in [3.63, 3.8) is 0 Å². The minimum Gasteiger partial charge on any atom is -0.462 e. The summed E-state index contributed by atoms with van der Waals surface area (Å²) in [5.41, 5.74) is 7.58. The number of carbonyl (C=O) groups is 1. The molecular formula is C11H14BrNO2. The molecule has 82 valence electrons. The van der Waals surface area contributed by atoms with Crippen molar-refractivity contribution in [1.29, 1.82) is 0 Å². The van der Waals surface area contributed by atoms with Gasteiger partial charge in [0.2, 0.25) is 0 Å². The van der Waals surface area contributed by atoms with Gasteiger partial charge in [-0.05, 0) is 31.0 Å². The lowest BCUT2D eigenvalue weighted by Crippen LogP contribution is -2.09. The number of hydrogen-bond acceptors (Lipinski definition) is 3. The monoisotopic (exact) mass is 271 g/mol. The van der Waals surface area contributed by atoms with Crippen LogP contribution in [-0.2, 0) is 4.74 Å². The largest absolute Gasteiger partial charge is 0.462 e. The molecule has 0 amide bonds. The number of anilines is 1. The Morgan fingerprint density at radius 2 is 2.20 bits per heavy atom. The standard InChI is InChI=1S/C11H14BrNO2/c1-3-4-15-11(14)9-6-8(12)5-7(2)10(9)13/h5-6H,3-4,13H2,1-2H3. The van der Waals surface area contributed by atoms with Gasteiger partial charge in [0.1, 0.15) is 0 Å². The van der Waals surface area contributed by atoms with Crippen LogP contribution in [0.2, 0.25) is 0 Å². The van der Waals surface area contributed by atoms with Gasteiger partial charge in [-0.2, -0.15) is 0 Å². The zero-order valence-electron chi connectivity index (χ0n) is 8.84. The summed E-state index contributed by atoms with van der Waals surface area (Å²) in [6.45, 7) is 4.23. The molecule has 1 aromatic carbocycles. The number of hydrogen-bond donors (Lipinski definition) is 1. The molecule has 2 N–H and O–H groups in total. The topological polar surface area (TPSA) is 52.3 Å². The smallest absolute Gasteiger partial charge is 0.340 e. The van der Waals surface area contributed by atoms with Crippen LogP contribution in [0.5, 0.6) is 0 Å². The van der Waals surface area contributed by atoms with Crippen molar-refractivity contribution < 1.29 is 9.53 Å². The number of esters is 1. The molecule has 0 aliphatic heterocycles. The second-order valence-electron chi connectivity index (χ2n) is 3.32. The average molecular weight is 272 g/mol. The second-order valence-corrected chi connectivity index (χ2v) is 4.24. The van der Waals surface area contributed by atoms with Crippen LogP contribution in [0, 0.1) is 6.92 Å². The van der Waals surface area contributed by atoms with Gasteiger partial charge in [-0.3, -0.25) is 0 Å². The molecule has 0 unspecified atom stereocenters. The number of aryl methyl sites for hydroxylation is 1. The molecule has 4 heteroatoms. The van der Waals surface area contributed by atoms with Crippen molar-refractivity contribution >= 4 is 27.6 Å². The summed E-state index contributed by atoms with van der Waals surface area (Å²) >= 11 is 3.32. The van der Waals surface area contributed by atoms with Crippen molar-refractivity contribution in [3.8, 4) is 0 Å². The molecule has 0 aliphatic rings. The van der Waals surface area contributed by atoms with E-state index in [1.54, 1.807) is 6.07 Å². The number of carbonyl (C=O) groups excluding carboxylic acids is 1. The van der Waals surface area contributed by atoms with Crippen LogP contribution >= 0.6 is 15.9 Å². The van der Waals surface area contributed by atoms with Gasteiger partial charge >= 0.3 is 5.97 Å². The predicted octanol–water partition coefficient (Wildman–Crippen LogP) is 2.91. The molecular weight excluding hydrogens is 258 g/mol. The quantitative estimate of drug-likeness (QED) is 0.680. The second kappa shape index (κ2) is 5.16. The van der Waals surface area contributed by atoms with Gasteiger partial charge in [-0.15, -0.1) is 0 Å². The van der Waals surface area contributed by atoms with E-state index in [0.717, 1.165) is 16.5 Å². The Morgan fingerprint density at radius 1 is 1.53 bits per heavy atom. The minimum atomic E-state index is -0.362. The maximum atomic E-state index is 11.6. The summed E-state index contributed by atoms with van der Waals surface area (Å²) in [6, 6.07) is 3.55. The Hall–Kier alpha value is -1.03. The minimum absolute atomic E-state index is 0.362. The third kappa shape index (κ3) is 2.96. The van der Waals surface area contributed by atoms with E-state index in [0.29, 0.717) is 17.9 Å². The highest BCUT2D eigenvalue weighted by molar-refractivity contribution is 9.10. The molecule has 0 radical (unpaired) electrons. The molecule has 0 saturated carbocycles. The van der Waals surface area contributed by atoms with Gasteiger partial charge in [0.05, 0.1) is 12.2 Å². The third-order valence-electron chi connectivity index (χ3n) is 2.01. The van der Waals surface area contributed by atoms with Gasteiger partial charge in [0.15, 0.2) is 0 Å². The van der Waals surface area contributed by atoms with E-state index in [1.807, 2.05) is 19.9 Å². The van der Waals surface area contributed by atoms with Crippen molar-refractivity contribution in [1.82, 2.24) is 0 Å². The summed E-state index contributed by atoms with van der Waals surface area (Å²) < 4.78 is 5.86. The summed E-state index contributed by atoms with van der Waals surface area (Å²) in [5.74, 6) is -0.362. The van der Waals surface area contributed by atoms with E-state index in [1.165, 1.54) is 0 Å². The van der Waals surface area contributed by atoms with Crippen molar-refractivity contribution in [2.75, 3.05) is 12.3 Å². The maximum Gasteiger partial charge on any atom is 0.340 e. The fourth-order valence-corrected chi connectivity index (χ4v) is 1.77. The average Bonchev–Trinajstić information content (AvgIpc) is 2.19. The van der Waals surface area contributed by atoms with Gasteiger partial charge in [0, 0.05) is 10.2 Å². The van der Waals surface area contributed by atoms with Crippen molar-refractivity contribution in [2.24, 2.45) is 0 Å². The first kappa shape index (κ1) is 12.0. The molecule has 0 aliphatic carbocycles. The van der Waals surface area contributed by atoms with Crippen molar-refractivity contribution in [3.05, 3.63) is 27.7 Å². The Kier molecular flexibility index (Phi) is 4.15. The van der Waals surface area contributed by atoms with Crippen LogP contribution in [0.25, 0.3) is 0 Å². The fraction of sp³-hybridized carbons (Fsp3) is 0.364. The van der Waals surface area contributed by atoms with Crippen LogP contribution in [0.15, 0.2) is 16.6 Å². The van der Waals surface area contributed by atoms with Gasteiger partial charge in [0.25, 0.3) is 0 Å². The van der Waals surface area contributed by atoms with Crippen LogP contribution in [-0.4, -0.2) is 12.6 Å². The molecule has 1 aromatic rings. The highest BCUT2D eigenvalue weighted by atomic mass is 79.9. The summed E-state index contributed by atoms with van der Waals surface area (Å²) in [4.78, 5) is 11.6. The van der Waals surface area contributed by atoms with E-state index < -0.39 is 0 Å². The number of nitrogens with two attached hydrogens (primary N) is 1. The maximum absolute atomic E-state index is 11.6. The number of halogens is 1. The highest BCUT2D eigenvalue weighted by Gasteiger charge is 2.13. The number of benzene rings is 1. The molecule has 3 nitrogen and oxygen atoms in total. The first-order valence-corrected chi connectivity index (χ1v) is 5.58. The van der Waals surface area contributed by atoms with Crippen molar-refractivity contribution in [2.45, 2.75) is 20.3 Å². The Morgan fingerprint density at radius 3 is 2.80 bits per heavy atom. The summed E-state index contributed by atoms with van der Waals surface area (Å²) in [5, 5.41) is 0. The van der Waals surface area contributed by atoms with E-state index >= 15 is 0 Å². The third-order valence-corrected chi connectivity index (χ3v) is 2.47. The zero-order chi connectivity index (χ0) is 11.4. The normalized spacial score (nSPS) is 10.1. The fourth-order valence-electron chi connectivity index (χ4n) is 1.20.